The predicted octanol–water partition coefficient (Wildman–Crippen LogP) is 4.29. The van der Waals surface area contributed by atoms with Gasteiger partial charge in [0.15, 0.2) is 0 Å². The third-order valence-electron chi connectivity index (χ3n) is 6.42. The molecule has 0 spiro atoms. The lowest BCUT2D eigenvalue weighted by atomic mass is 9.94. The summed E-state index contributed by atoms with van der Waals surface area (Å²) < 4.78 is 27.5. The fourth-order valence-electron chi connectivity index (χ4n) is 4.34. The zero-order chi connectivity index (χ0) is 25.9. The number of carbonyl (C=O) groups excluding carboxylic acids is 2. The summed E-state index contributed by atoms with van der Waals surface area (Å²) in [6.45, 7) is 3.50. The van der Waals surface area contributed by atoms with Crippen molar-refractivity contribution in [2.45, 2.75) is 37.2 Å². The quantitative estimate of drug-likeness (QED) is 0.480. The topological polar surface area (TPSA) is 95.6 Å². The highest BCUT2D eigenvalue weighted by atomic mass is 35.5. The first-order valence-electron chi connectivity index (χ1n) is 11.7. The van der Waals surface area contributed by atoms with Crippen molar-refractivity contribution in [1.29, 1.82) is 0 Å². The number of benzene rings is 3. The highest BCUT2D eigenvalue weighted by Gasteiger charge is 2.38. The molecule has 1 aliphatic heterocycles. The predicted molar refractivity (Wildman–Crippen MR) is 140 cm³/mol. The Labute approximate surface area is 216 Å². The molecule has 3 aromatic carbocycles. The molecule has 188 valence electrons. The van der Waals surface area contributed by atoms with Crippen LogP contribution in [0.3, 0.4) is 0 Å². The minimum absolute atomic E-state index is 0.0315. The molecule has 0 saturated carbocycles. The minimum Gasteiger partial charge on any atom is -0.301 e. The van der Waals surface area contributed by atoms with E-state index in [9.17, 15) is 18.0 Å². The Hall–Kier alpha value is -3.20. The molecule has 0 aromatic heterocycles. The molecule has 4 rings (SSSR count). The Morgan fingerprint density at radius 2 is 1.69 bits per heavy atom. The number of anilines is 1. The fraction of sp³-hybridized carbons (Fsp3) is 0.259. The largest absolute Gasteiger partial charge is 0.301 e. The number of rotatable bonds is 7. The molecule has 0 radical (unpaired) electrons. The van der Waals surface area contributed by atoms with E-state index in [1.165, 1.54) is 17.0 Å². The Balaban J connectivity index is 1.74. The maximum absolute atomic E-state index is 13.8. The standard InChI is InChI=1S/C27H28ClN3O4S/c1-3-18(2)25-27(33)31(17-24(32)30-36(34,35)21-12-8-5-9-13-21)23-15-14-20(28)16-22(23)26(29-25)19-10-6-4-7-11-19/h4-16,18,25-26,29H,3,17H2,1-2H3,(H,30,32)/t18-,25-,26?/m0/s1. The number of halogens is 1. The first-order valence-corrected chi connectivity index (χ1v) is 13.6. The van der Waals surface area contributed by atoms with E-state index < -0.39 is 28.5 Å². The van der Waals surface area contributed by atoms with Crippen LogP contribution in [0.1, 0.15) is 37.4 Å². The van der Waals surface area contributed by atoms with Gasteiger partial charge in [-0.2, -0.15) is 0 Å². The third kappa shape index (κ3) is 5.46. The summed E-state index contributed by atoms with van der Waals surface area (Å²) in [7, 11) is -4.08. The van der Waals surface area contributed by atoms with Gasteiger partial charge in [0, 0.05) is 10.7 Å². The van der Waals surface area contributed by atoms with Crippen LogP contribution in [0.4, 0.5) is 5.69 Å². The second-order valence-electron chi connectivity index (χ2n) is 8.84. The highest BCUT2D eigenvalue weighted by Crippen LogP contribution is 2.37. The lowest BCUT2D eigenvalue weighted by molar-refractivity contribution is -0.124. The van der Waals surface area contributed by atoms with Gasteiger partial charge in [0.1, 0.15) is 6.54 Å². The lowest BCUT2D eigenvalue weighted by Crippen LogP contribution is -2.51. The summed E-state index contributed by atoms with van der Waals surface area (Å²) in [5, 5.41) is 3.98. The van der Waals surface area contributed by atoms with Gasteiger partial charge in [-0.25, -0.2) is 13.1 Å². The van der Waals surface area contributed by atoms with E-state index in [0.29, 0.717) is 10.7 Å². The second kappa shape index (κ2) is 10.8. The van der Waals surface area contributed by atoms with Crippen molar-refractivity contribution in [2.24, 2.45) is 5.92 Å². The molecule has 1 unspecified atom stereocenters. The first-order chi connectivity index (χ1) is 17.2. The zero-order valence-electron chi connectivity index (χ0n) is 20.0. The van der Waals surface area contributed by atoms with E-state index in [4.69, 9.17) is 11.6 Å². The molecule has 2 N–H and O–H groups in total. The van der Waals surface area contributed by atoms with Crippen LogP contribution in [0, 0.1) is 5.92 Å². The first kappa shape index (κ1) is 25.9. The summed E-state index contributed by atoms with van der Waals surface area (Å²) in [5.41, 5.74) is 2.18. The molecular formula is C27H28ClN3O4S. The number of hydrogen-bond donors (Lipinski definition) is 2. The van der Waals surface area contributed by atoms with Gasteiger partial charge >= 0.3 is 0 Å². The van der Waals surface area contributed by atoms with Crippen molar-refractivity contribution in [1.82, 2.24) is 10.0 Å². The Morgan fingerprint density at radius 1 is 1.06 bits per heavy atom. The number of hydrogen-bond acceptors (Lipinski definition) is 5. The maximum atomic E-state index is 13.8. The van der Waals surface area contributed by atoms with Crippen molar-refractivity contribution in [3.8, 4) is 0 Å². The Kier molecular flexibility index (Phi) is 7.78. The Bertz CT molecular complexity index is 1350. The van der Waals surface area contributed by atoms with Gasteiger partial charge in [-0.1, -0.05) is 80.4 Å². The van der Waals surface area contributed by atoms with E-state index in [0.717, 1.165) is 17.5 Å². The molecule has 2 amide bonds. The van der Waals surface area contributed by atoms with Gasteiger partial charge < -0.3 is 4.90 Å². The summed E-state index contributed by atoms with van der Waals surface area (Å²) in [4.78, 5) is 28.2. The van der Waals surface area contributed by atoms with Gasteiger partial charge in [-0.05, 0) is 47.4 Å². The minimum atomic E-state index is -4.08. The molecule has 0 bridgehead atoms. The highest BCUT2D eigenvalue weighted by molar-refractivity contribution is 7.90. The van der Waals surface area contributed by atoms with Crippen LogP contribution in [0.25, 0.3) is 0 Å². The summed E-state index contributed by atoms with van der Waals surface area (Å²) in [6.07, 6.45) is 0.727. The molecule has 0 saturated heterocycles. The van der Waals surface area contributed by atoms with Gasteiger partial charge in [-0.3, -0.25) is 14.9 Å². The van der Waals surface area contributed by atoms with Crippen molar-refractivity contribution in [3.05, 3.63) is 95.0 Å². The van der Waals surface area contributed by atoms with Crippen molar-refractivity contribution < 1.29 is 18.0 Å². The lowest BCUT2D eigenvalue weighted by Gasteiger charge is -2.28. The van der Waals surface area contributed by atoms with Crippen molar-refractivity contribution >= 4 is 39.1 Å². The fourth-order valence-corrected chi connectivity index (χ4v) is 5.52. The monoisotopic (exact) mass is 525 g/mol. The molecule has 1 aliphatic rings. The van der Waals surface area contributed by atoms with Crippen LogP contribution in [-0.4, -0.2) is 32.8 Å². The van der Waals surface area contributed by atoms with E-state index in [1.54, 1.807) is 36.4 Å². The van der Waals surface area contributed by atoms with E-state index >= 15 is 0 Å². The summed E-state index contributed by atoms with van der Waals surface area (Å²) in [5.74, 6) is -1.17. The maximum Gasteiger partial charge on any atom is 0.264 e. The van der Waals surface area contributed by atoms with Crippen molar-refractivity contribution in [3.63, 3.8) is 0 Å². The Morgan fingerprint density at radius 3 is 2.33 bits per heavy atom. The SMILES string of the molecule is CC[C@H](C)[C@@H]1NC(c2ccccc2)c2cc(Cl)ccc2N(CC(=O)NS(=O)(=O)c2ccccc2)C1=O. The molecule has 0 aliphatic carbocycles. The van der Waals surface area contributed by atoms with E-state index in [-0.39, 0.29) is 22.8 Å². The molecule has 36 heavy (non-hydrogen) atoms. The van der Waals surface area contributed by atoms with Gasteiger partial charge in [-0.15, -0.1) is 0 Å². The van der Waals surface area contributed by atoms with E-state index in [1.807, 2.05) is 44.2 Å². The smallest absolute Gasteiger partial charge is 0.264 e. The summed E-state index contributed by atoms with van der Waals surface area (Å²) >= 11 is 6.36. The average molecular weight is 526 g/mol. The second-order valence-corrected chi connectivity index (χ2v) is 11.0. The molecule has 3 atom stereocenters. The van der Waals surface area contributed by atoms with Gasteiger partial charge in [0.05, 0.1) is 17.0 Å². The van der Waals surface area contributed by atoms with Crippen LogP contribution in [0.5, 0.6) is 0 Å². The molecule has 1 heterocycles. The number of amides is 2. The molecular weight excluding hydrogens is 498 g/mol. The van der Waals surface area contributed by atoms with Crippen LogP contribution >= 0.6 is 11.6 Å². The number of fused-ring (bicyclic) bond motifs is 1. The van der Waals surface area contributed by atoms with E-state index in [2.05, 4.69) is 10.0 Å². The van der Waals surface area contributed by atoms with Crippen LogP contribution in [0.15, 0.2) is 83.8 Å². The van der Waals surface area contributed by atoms with Crippen LogP contribution in [-0.2, 0) is 19.6 Å². The number of sulfonamides is 1. The number of nitrogens with zero attached hydrogens (tertiary/aromatic N) is 1. The van der Waals surface area contributed by atoms with Crippen LogP contribution < -0.4 is 14.9 Å². The number of carbonyl (C=O) groups is 2. The third-order valence-corrected chi connectivity index (χ3v) is 8.04. The summed E-state index contributed by atoms with van der Waals surface area (Å²) in [6, 6.07) is 21.5. The zero-order valence-corrected chi connectivity index (χ0v) is 21.6. The molecule has 9 heteroatoms. The van der Waals surface area contributed by atoms with Gasteiger partial charge in [0.25, 0.3) is 15.9 Å². The normalized spacial score (nSPS) is 18.8. The van der Waals surface area contributed by atoms with Crippen molar-refractivity contribution in [2.75, 3.05) is 11.4 Å². The van der Waals surface area contributed by atoms with Crippen LogP contribution in [0.2, 0.25) is 5.02 Å². The van der Waals surface area contributed by atoms with Gasteiger partial charge in [0.2, 0.25) is 5.91 Å². The molecule has 0 fully saturated rings. The average Bonchev–Trinajstić information content (AvgIpc) is 2.99. The number of nitrogens with one attached hydrogen (secondary N) is 2. The molecule has 3 aromatic rings. The molecule has 7 nitrogen and oxygen atoms in total.